The Bertz CT molecular complexity index is 424. The molecule has 2 rings (SSSR count). The first kappa shape index (κ1) is 16.9. The Kier molecular flexibility index (Phi) is 9.31. The van der Waals surface area contributed by atoms with Crippen LogP contribution in [0.5, 0.6) is 0 Å². The van der Waals surface area contributed by atoms with Crippen LogP contribution in [0.3, 0.4) is 0 Å². The standard InChI is InChI=1S/C7H10N5S2.2C2H6/c1-2-3-12-4-5(14-11-12)6-9-10-7(8)13-6;2*1-2/h4H,2-3H2,1H3,(H2,8,10);2*1-2H3/q+1;;. The van der Waals surface area contributed by atoms with Crippen LogP contribution in [-0.4, -0.2) is 14.7 Å². The number of rotatable bonds is 3. The van der Waals surface area contributed by atoms with E-state index >= 15 is 0 Å². The smallest absolute Gasteiger partial charge is 0.219 e. The summed E-state index contributed by atoms with van der Waals surface area (Å²) < 4.78 is 6.16. The molecule has 0 aliphatic heterocycles. The predicted molar refractivity (Wildman–Crippen MR) is 78.6 cm³/mol. The minimum atomic E-state index is 0.496. The number of hydrogen-bond acceptors (Lipinski definition) is 6. The average Bonchev–Trinajstić information content (AvgIpc) is 3.04. The highest BCUT2D eigenvalue weighted by atomic mass is 32.1. The summed E-state index contributed by atoms with van der Waals surface area (Å²) >= 11 is 2.81. The zero-order valence-corrected chi connectivity index (χ0v) is 13.3. The summed E-state index contributed by atoms with van der Waals surface area (Å²) in [5.74, 6) is 0. The Labute approximate surface area is 117 Å². The maximum atomic E-state index is 5.50. The summed E-state index contributed by atoms with van der Waals surface area (Å²) in [6.45, 7) is 11.1. The summed E-state index contributed by atoms with van der Waals surface area (Å²) in [7, 11) is 0. The second-order valence-electron chi connectivity index (χ2n) is 2.77. The molecule has 18 heavy (non-hydrogen) atoms. The Morgan fingerprint density at radius 3 is 2.39 bits per heavy atom. The fraction of sp³-hybridized carbons (Fsp3) is 0.636. The van der Waals surface area contributed by atoms with Crippen LogP contribution >= 0.6 is 22.9 Å². The predicted octanol–water partition coefficient (Wildman–Crippen LogP) is 2.99. The molecule has 102 valence electrons. The van der Waals surface area contributed by atoms with Gasteiger partial charge in [-0.1, -0.05) is 50.6 Å². The first-order valence-corrected chi connectivity index (χ1v) is 7.84. The Morgan fingerprint density at radius 1 is 1.22 bits per heavy atom. The van der Waals surface area contributed by atoms with Gasteiger partial charge >= 0.3 is 0 Å². The molecule has 0 saturated heterocycles. The van der Waals surface area contributed by atoms with E-state index in [9.17, 15) is 0 Å². The maximum Gasteiger partial charge on any atom is 0.219 e. The quantitative estimate of drug-likeness (QED) is 0.882. The van der Waals surface area contributed by atoms with Gasteiger partial charge in [0.05, 0.1) is 4.49 Å². The molecule has 0 fully saturated rings. The first-order valence-electron chi connectivity index (χ1n) is 6.25. The zero-order valence-electron chi connectivity index (χ0n) is 11.7. The molecule has 7 heteroatoms. The third-order valence-electron chi connectivity index (χ3n) is 1.61. The van der Waals surface area contributed by atoms with Gasteiger partial charge in [0.25, 0.3) is 0 Å². The van der Waals surface area contributed by atoms with E-state index < -0.39 is 0 Å². The van der Waals surface area contributed by atoms with Crippen LogP contribution in [0.1, 0.15) is 41.0 Å². The topological polar surface area (TPSA) is 68.6 Å². The molecule has 0 bridgehead atoms. The van der Waals surface area contributed by atoms with Crippen molar-refractivity contribution in [2.75, 3.05) is 5.73 Å². The monoisotopic (exact) mass is 288 g/mol. The third-order valence-corrected chi connectivity index (χ3v) is 3.32. The van der Waals surface area contributed by atoms with Crippen molar-refractivity contribution >= 4 is 28.0 Å². The van der Waals surface area contributed by atoms with Gasteiger partial charge in [0.1, 0.15) is 0 Å². The molecule has 0 spiro atoms. The molecule has 2 N–H and O–H groups in total. The van der Waals surface area contributed by atoms with E-state index in [1.54, 1.807) is 0 Å². The average molecular weight is 288 g/mol. The lowest BCUT2D eigenvalue weighted by Gasteiger charge is -1.80. The van der Waals surface area contributed by atoms with Crippen molar-refractivity contribution in [1.82, 2.24) is 14.7 Å². The molecule has 0 aliphatic carbocycles. The lowest BCUT2D eigenvalue weighted by Crippen LogP contribution is -2.33. The van der Waals surface area contributed by atoms with Gasteiger partial charge in [-0.15, -0.1) is 10.2 Å². The van der Waals surface area contributed by atoms with Crippen LogP contribution in [0.4, 0.5) is 5.13 Å². The first-order chi connectivity index (χ1) is 8.79. The van der Waals surface area contributed by atoms with Crippen LogP contribution in [0.15, 0.2) is 6.20 Å². The summed E-state index contributed by atoms with van der Waals surface area (Å²) in [6.07, 6.45) is 3.06. The Hall–Kier alpha value is -1.08. The van der Waals surface area contributed by atoms with E-state index in [2.05, 4.69) is 21.6 Å². The van der Waals surface area contributed by atoms with E-state index in [-0.39, 0.29) is 0 Å². The van der Waals surface area contributed by atoms with Crippen LogP contribution in [0, 0.1) is 0 Å². The zero-order chi connectivity index (χ0) is 14.0. The molecule has 0 amide bonds. The minimum absolute atomic E-state index is 0.496. The molecule has 2 aromatic heterocycles. The molecule has 0 atom stereocenters. The lowest BCUT2D eigenvalue weighted by molar-refractivity contribution is -0.746. The molecule has 2 heterocycles. The number of nitrogen functional groups attached to an aromatic ring is 1. The van der Waals surface area contributed by atoms with Crippen molar-refractivity contribution in [2.24, 2.45) is 0 Å². The molecular formula is C11H22N5S2+. The van der Waals surface area contributed by atoms with Gasteiger partial charge in [-0.05, 0) is 0 Å². The fourth-order valence-electron chi connectivity index (χ4n) is 1.04. The number of nitrogens with two attached hydrogens (primary N) is 1. The van der Waals surface area contributed by atoms with E-state index in [0.717, 1.165) is 22.9 Å². The van der Waals surface area contributed by atoms with Crippen LogP contribution in [0.2, 0.25) is 0 Å². The lowest BCUT2D eigenvalue weighted by atomic mass is 10.5. The molecular weight excluding hydrogens is 266 g/mol. The number of aryl methyl sites for hydroxylation is 1. The van der Waals surface area contributed by atoms with Gasteiger partial charge in [-0.25, -0.2) is 0 Å². The molecule has 2 aromatic rings. The minimum Gasteiger partial charge on any atom is -0.374 e. The second kappa shape index (κ2) is 9.90. The number of anilines is 1. The van der Waals surface area contributed by atoms with Gasteiger partial charge in [0, 0.05) is 18.0 Å². The van der Waals surface area contributed by atoms with Crippen molar-refractivity contribution in [2.45, 2.75) is 47.6 Å². The van der Waals surface area contributed by atoms with Gasteiger partial charge < -0.3 is 5.73 Å². The van der Waals surface area contributed by atoms with E-state index in [1.165, 1.54) is 22.9 Å². The Balaban J connectivity index is 0.000000659. The van der Waals surface area contributed by atoms with Crippen LogP contribution in [-0.2, 0) is 6.54 Å². The van der Waals surface area contributed by atoms with E-state index in [1.807, 2.05) is 38.6 Å². The summed E-state index contributed by atoms with van der Waals surface area (Å²) in [6, 6.07) is 0. The van der Waals surface area contributed by atoms with Gasteiger partial charge in [0.15, 0.2) is 16.4 Å². The molecule has 0 aromatic carbocycles. The number of hydrogen-bond donors (Lipinski definition) is 1. The summed E-state index contributed by atoms with van der Waals surface area (Å²) in [5, 5.41) is 9.06. The highest BCUT2D eigenvalue weighted by molar-refractivity contribution is 7.21. The summed E-state index contributed by atoms with van der Waals surface area (Å²) in [5.41, 5.74) is 5.50. The van der Waals surface area contributed by atoms with Crippen LogP contribution < -0.4 is 10.4 Å². The second-order valence-corrected chi connectivity index (χ2v) is 4.57. The third kappa shape index (κ3) is 5.05. The normalized spacial score (nSPS) is 8.94. The fourth-order valence-corrected chi connectivity index (χ4v) is 2.40. The Morgan fingerprint density at radius 2 is 1.89 bits per heavy atom. The van der Waals surface area contributed by atoms with Crippen molar-refractivity contribution in [3.8, 4) is 9.88 Å². The molecule has 0 unspecified atom stereocenters. The molecule has 0 radical (unpaired) electrons. The highest BCUT2D eigenvalue weighted by Crippen LogP contribution is 2.25. The van der Waals surface area contributed by atoms with Gasteiger partial charge in [-0.2, -0.15) is 0 Å². The van der Waals surface area contributed by atoms with Crippen molar-refractivity contribution in [3.63, 3.8) is 0 Å². The molecule has 0 saturated carbocycles. The largest absolute Gasteiger partial charge is 0.374 e. The SMILES string of the molecule is CC.CC.CCC[n+]1cc(-c2nnc(N)s2)sn1. The van der Waals surface area contributed by atoms with Gasteiger partial charge in [0.2, 0.25) is 11.3 Å². The van der Waals surface area contributed by atoms with E-state index in [4.69, 9.17) is 5.73 Å². The van der Waals surface area contributed by atoms with Crippen molar-refractivity contribution in [1.29, 1.82) is 0 Å². The van der Waals surface area contributed by atoms with Crippen LogP contribution in [0.25, 0.3) is 9.88 Å². The summed E-state index contributed by atoms with van der Waals surface area (Å²) in [4.78, 5) is 1.02. The van der Waals surface area contributed by atoms with Gasteiger partial charge in [-0.3, -0.25) is 0 Å². The van der Waals surface area contributed by atoms with E-state index in [0.29, 0.717) is 5.13 Å². The van der Waals surface area contributed by atoms with Crippen molar-refractivity contribution < 1.29 is 4.68 Å². The number of nitrogens with zero attached hydrogens (tertiary/aromatic N) is 4. The molecule has 0 aliphatic rings. The number of aromatic nitrogens is 4. The highest BCUT2D eigenvalue weighted by Gasteiger charge is 2.13. The maximum absolute atomic E-state index is 5.50. The molecule has 5 nitrogen and oxygen atoms in total. The van der Waals surface area contributed by atoms with Crippen molar-refractivity contribution in [3.05, 3.63) is 6.20 Å².